The second kappa shape index (κ2) is 7.56. The predicted octanol–water partition coefficient (Wildman–Crippen LogP) is 3.07. The van der Waals surface area contributed by atoms with Crippen LogP contribution in [0.1, 0.15) is 21.1 Å². The maximum Gasteiger partial charge on any atom is 0.193 e. The first-order valence-electron chi connectivity index (χ1n) is 6.96. The van der Waals surface area contributed by atoms with Crippen molar-refractivity contribution in [3.05, 3.63) is 38.0 Å². The highest BCUT2D eigenvalue weighted by atomic mass is 32.1. The maximum atomic E-state index is 4.47. The number of aryl methyl sites for hydroxylation is 2. The van der Waals surface area contributed by atoms with Gasteiger partial charge < -0.3 is 10.2 Å². The van der Waals surface area contributed by atoms with Gasteiger partial charge in [-0.1, -0.05) is 0 Å². The Morgan fingerprint density at radius 1 is 1.43 bits per heavy atom. The molecular formula is C15H22N4S2. The molecule has 0 atom stereocenters. The average Bonchev–Trinajstić information content (AvgIpc) is 3.05. The molecule has 6 heteroatoms. The van der Waals surface area contributed by atoms with Crippen LogP contribution in [0.4, 0.5) is 0 Å². The largest absolute Gasteiger partial charge is 0.356 e. The molecule has 1 N–H and O–H groups in total. The van der Waals surface area contributed by atoms with E-state index in [-0.39, 0.29) is 0 Å². The van der Waals surface area contributed by atoms with Crippen LogP contribution in [0, 0.1) is 13.8 Å². The zero-order valence-corrected chi connectivity index (χ0v) is 14.6. The third-order valence-corrected chi connectivity index (χ3v) is 5.07. The van der Waals surface area contributed by atoms with Crippen LogP contribution in [0.15, 0.2) is 21.8 Å². The number of nitrogens with zero attached hydrogens (tertiary/aromatic N) is 3. The molecule has 114 valence electrons. The van der Waals surface area contributed by atoms with E-state index in [0.717, 1.165) is 36.2 Å². The van der Waals surface area contributed by atoms with Gasteiger partial charge in [0.05, 0.1) is 10.7 Å². The van der Waals surface area contributed by atoms with E-state index in [0.29, 0.717) is 0 Å². The third-order valence-electron chi connectivity index (χ3n) is 3.21. The molecule has 0 aliphatic heterocycles. The smallest absolute Gasteiger partial charge is 0.193 e. The Hall–Kier alpha value is -1.40. The first-order valence-corrected chi connectivity index (χ1v) is 8.72. The van der Waals surface area contributed by atoms with Crippen LogP contribution in [0.5, 0.6) is 0 Å². The minimum Gasteiger partial charge on any atom is -0.356 e. The van der Waals surface area contributed by atoms with Gasteiger partial charge in [-0.3, -0.25) is 4.99 Å². The number of thiophene rings is 1. The number of hydrogen-bond donors (Lipinski definition) is 1. The Labute approximate surface area is 134 Å². The van der Waals surface area contributed by atoms with Gasteiger partial charge in [-0.15, -0.1) is 11.3 Å². The van der Waals surface area contributed by atoms with Gasteiger partial charge in [-0.05, 0) is 36.2 Å². The van der Waals surface area contributed by atoms with Crippen molar-refractivity contribution in [2.45, 2.75) is 26.8 Å². The zero-order chi connectivity index (χ0) is 15.2. The van der Waals surface area contributed by atoms with E-state index in [9.17, 15) is 0 Å². The van der Waals surface area contributed by atoms with Crippen LogP contribution in [-0.2, 0) is 13.0 Å². The predicted molar refractivity (Wildman–Crippen MR) is 92.4 cm³/mol. The molecule has 0 bridgehead atoms. The molecule has 0 aliphatic rings. The van der Waals surface area contributed by atoms with E-state index in [1.54, 1.807) is 22.7 Å². The van der Waals surface area contributed by atoms with E-state index in [1.807, 2.05) is 7.05 Å². The highest BCUT2D eigenvalue weighted by Crippen LogP contribution is 2.17. The quantitative estimate of drug-likeness (QED) is 0.679. The minimum absolute atomic E-state index is 0.877. The highest BCUT2D eigenvalue weighted by Gasteiger charge is 2.08. The molecule has 4 nitrogen and oxygen atoms in total. The van der Waals surface area contributed by atoms with Crippen LogP contribution in [0.2, 0.25) is 0 Å². The van der Waals surface area contributed by atoms with Gasteiger partial charge in [0.15, 0.2) is 5.96 Å². The number of hydrogen-bond acceptors (Lipinski definition) is 4. The molecule has 0 amide bonds. The topological polar surface area (TPSA) is 40.5 Å². The van der Waals surface area contributed by atoms with Gasteiger partial charge in [0.2, 0.25) is 0 Å². The van der Waals surface area contributed by atoms with Crippen molar-refractivity contribution in [2.24, 2.45) is 4.99 Å². The molecular weight excluding hydrogens is 300 g/mol. The summed E-state index contributed by atoms with van der Waals surface area (Å²) in [4.78, 5) is 12.3. The second-order valence-electron chi connectivity index (χ2n) is 4.95. The molecule has 0 radical (unpaired) electrons. The normalized spacial score (nSPS) is 11.7. The summed E-state index contributed by atoms with van der Waals surface area (Å²) in [5.41, 5.74) is 2.47. The Kier molecular flexibility index (Phi) is 5.76. The molecule has 0 saturated carbocycles. The summed E-state index contributed by atoms with van der Waals surface area (Å²) >= 11 is 3.51. The summed E-state index contributed by atoms with van der Waals surface area (Å²) in [6, 6.07) is 2.15. The Morgan fingerprint density at radius 2 is 2.24 bits per heavy atom. The lowest BCUT2D eigenvalue weighted by Gasteiger charge is -2.21. The fourth-order valence-electron chi connectivity index (χ4n) is 2.21. The molecule has 0 spiro atoms. The molecule has 0 aromatic carbocycles. The number of thiazole rings is 1. The minimum atomic E-state index is 0.877. The van der Waals surface area contributed by atoms with Crippen LogP contribution < -0.4 is 5.32 Å². The molecule has 2 rings (SSSR count). The fourth-order valence-corrected chi connectivity index (χ4v) is 3.81. The summed E-state index contributed by atoms with van der Waals surface area (Å²) in [6.07, 6.45) is 0.989. The van der Waals surface area contributed by atoms with Crippen molar-refractivity contribution in [3.8, 4) is 0 Å². The Balaban J connectivity index is 1.84. The first-order chi connectivity index (χ1) is 10.1. The van der Waals surface area contributed by atoms with Crippen molar-refractivity contribution in [1.82, 2.24) is 15.2 Å². The highest BCUT2D eigenvalue weighted by molar-refractivity contribution is 7.11. The van der Waals surface area contributed by atoms with Crippen molar-refractivity contribution < 1.29 is 0 Å². The summed E-state index contributed by atoms with van der Waals surface area (Å²) in [5, 5.41) is 8.84. The lowest BCUT2D eigenvalue weighted by molar-refractivity contribution is 0.478. The van der Waals surface area contributed by atoms with Crippen molar-refractivity contribution >= 4 is 28.6 Å². The standard InChI is InChI=1S/C15H22N4S2/c1-11-14(21-12(2)18-11)5-7-17-15(16-3)19(4)9-13-6-8-20-10-13/h6,8,10H,5,7,9H2,1-4H3,(H,16,17). The summed E-state index contributed by atoms with van der Waals surface area (Å²) in [7, 11) is 3.89. The zero-order valence-electron chi connectivity index (χ0n) is 13.0. The van der Waals surface area contributed by atoms with Gasteiger partial charge >= 0.3 is 0 Å². The van der Waals surface area contributed by atoms with Gasteiger partial charge in [-0.2, -0.15) is 11.3 Å². The molecule has 0 saturated heterocycles. The fraction of sp³-hybridized carbons (Fsp3) is 0.467. The summed E-state index contributed by atoms with van der Waals surface area (Å²) in [6.45, 7) is 5.89. The SMILES string of the molecule is CN=C(NCCc1sc(C)nc1C)N(C)Cc1ccsc1. The summed E-state index contributed by atoms with van der Waals surface area (Å²) in [5.74, 6) is 0.931. The lowest BCUT2D eigenvalue weighted by atomic mass is 10.3. The Morgan fingerprint density at radius 3 is 2.81 bits per heavy atom. The van der Waals surface area contributed by atoms with Gasteiger partial charge in [-0.25, -0.2) is 4.98 Å². The van der Waals surface area contributed by atoms with Crippen molar-refractivity contribution in [3.63, 3.8) is 0 Å². The van der Waals surface area contributed by atoms with Crippen LogP contribution in [0.3, 0.4) is 0 Å². The lowest BCUT2D eigenvalue weighted by Crippen LogP contribution is -2.39. The van der Waals surface area contributed by atoms with Crippen LogP contribution >= 0.6 is 22.7 Å². The molecule has 0 unspecified atom stereocenters. The molecule has 21 heavy (non-hydrogen) atoms. The molecule has 2 aromatic heterocycles. The number of aliphatic imine (C=N–C) groups is 1. The maximum absolute atomic E-state index is 4.47. The Bertz CT molecular complexity index is 587. The van der Waals surface area contributed by atoms with E-state index in [4.69, 9.17) is 0 Å². The second-order valence-corrected chi connectivity index (χ2v) is 7.02. The van der Waals surface area contributed by atoms with E-state index in [2.05, 4.69) is 57.9 Å². The molecule has 0 aliphatic carbocycles. The van der Waals surface area contributed by atoms with E-state index in [1.165, 1.54) is 10.4 Å². The molecule has 2 heterocycles. The molecule has 0 fully saturated rings. The molecule has 2 aromatic rings. The van der Waals surface area contributed by atoms with Gasteiger partial charge in [0.1, 0.15) is 0 Å². The number of aromatic nitrogens is 1. The van der Waals surface area contributed by atoms with Crippen molar-refractivity contribution in [1.29, 1.82) is 0 Å². The van der Waals surface area contributed by atoms with Gasteiger partial charge in [0.25, 0.3) is 0 Å². The van der Waals surface area contributed by atoms with E-state index >= 15 is 0 Å². The average molecular weight is 323 g/mol. The van der Waals surface area contributed by atoms with Gasteiger partial charge in [0, 0.05) is 38.5 Å². The third kappa shape index (κ3) is 4.54. The first kappa shape index (κ1) is 16.0. The summed E-state index contributed by atoms with van der Waals surface area (Å²) < 4.78 is 0. The van der Waals surface area contributed by atoms with Crippen LogP contribution in [-0.4, -0.2) is 36.5 Å². The number of guanidine groups is 1. The number of nitrogens with one attached hydrogen (secondary N) is 1. The monoisotopic (exact) mass is 322 g/mol. The number of rotatable bonds is 5. The van der Waals surface area contributed by atoms with E-state index < -0.39 is 0 Å². The van der Waals surface area contributed by atoms with Crippen LogP contribution in [0.25, 0.3) is 0 Å². The van der Waals surface area contributed by atoms with Crippen molar-refractivity contribution in [2.75, 3.05) is 20.6 Å².